The average molecular weight is 494 g/mol. The smallest absolute Gasteiger partial charge is 0.295 e. The first-order chi connectivity index (χ1) is 17.4. The molecule has 1 atom stereocenters. The van der Waals surface area contributed by atoms with Crippen molar-refractivity contribution in [2.45, 2.75) is 33.2 Å². The van der Waals surface area contributed by atoms with Crippen molar-refractivity contribution in [1.82, 2.24) is 14.3 Å². The fraction of sp³-hybridized carbons (Fsp3) is 0.370. The van der Waals surface area contributed by atoms with E-state index < -0.39 is 17.7 Å². The Bertz CT molecular complexity index is 1310. The van der Waals surface area contributed by atoms with E-state index in [-0.39, 0.29) is 24.5 Å². The minimum absolute atomic E-state index is 0.00506. The lowest BCUT2D eigenvalue weighted by atomic mass is 9.96. The molecule has 1 N–H and O–H groups in total. The topological polar surface area (TPSA) is 103 Å². The van der Waals surface area contributed by atoms with E-state index in [0.717, 1.165) is 6.42 Å². The summed E-state index contributed by atoms with van der Waals surface area (Å²) in [4.78, 5) is 32.4. The number of hydrogen-bond donors (Lipinski definition) is 1. The first kappa shape index (κ1) is 25.2. The third kappa shape index (κ3) is 4.54. The van der Waals surface area contributed by atoms with Crippen LogP contribution in [0.2, 0.25) is 0 Å². The molecule has 4 rings (SSSR count). The van der Waals surface area contributed by atoms with Gasteiger partial charge in [0.2, 0.25) is 0 Å². The van der Waals surface area contributed by atoms with E-state index in [1.54, 1.807) is 35.7 Å². The van der Waals surface area contributed by atoms with Gasteiger partial charge >= 0.3 is 0 Å². The number of carbonyl (C=O) groups excluding carboxylic acids is 2. The predicted octanol–water partition coefficient (Wildman–Crippen LogP) is 3.90. The molecule has 36 heavy (non-hydrogen) atoms. The van der Waals surface area contributed by atoms with Crippen molar-refractivity contribution >= 4 is 23.1 Å². The van der Waals surface area contributed by atoms with Gasteiger partial charge in [-0.2, -0.15) is 0 Å². The van der Waals surface area contributed by atoms with Crippen LogP contribution < -0.4 is 9.47 Å². The van der Waals surface area contributed by atoms with Crippen LogP contribution in [0.25, 0.3) is 11.4 Å². The maximum Gasteiger partial charge on any atom is 0.295 e. The number of amides is 1. The van der Waals surface area contributed by atoms with Gasteiger partial charge in [0, 0.05) is 19.9 Å². The minimum atomic E-state index is -0.840. The number of benzene rings is 1. The first-order valence-electron chi connectivity index (χ1n) is 12.0. The zero-order valence-electron chi connectivity index (χ0n) is 21.0. The molecule has 2 aromatic heterocycles. The number of methoxy groups -OCH3 is 1. The zero-order chi connectivity index (χ0) is 25.8. The highest BCUT2D eigenvalue weighted by Gasteiger charge is 2.46. The summed E-state index contributed by atoms with van der Waals surface area (Å²) >= 11 is 0. The van der Waals surface area contributed by atoms with Gasteiger partial charge < -0.3 is 24.2 Å². The van der Waals surface area contributed by atoms with Gasteiger partial charge in [0.1, 0.15) is 11.3 Å². The van der Waals surface area contributed by atoms with Crippen LogP contribution >= 0.6 is 0 Å². The van der Waals surface area contributed by atoms with E-state index >= 15 is 0 Å². The number of ether oxygens (including phenoxy) is 3. The van der Waals surface area contributed by atoms with Crippen molar-refractivity contribution in [2.75, 3.05) is 33.5 Å². The van der Waals surface area contributed by atoms with Crippen molar-refractivity contribution in [3.63, 3.8) is 0 Å². The maximum atomic E-state index is 13.3. The van der Waals surface area contributed by atoms with Gasteiger partial charge in [-0.15, -0.1) is 0 Å². The molecule has 1 unspecified atom stereocenters. The van der Waals surface area contributed by atoms with Crippen molar-refractivity contribution in [2.24, 2.45) is 0 Å². The van der Waals surface area contributed by atoms with Crippen LogP contribution in [0.4, 0.5) is 0 Å². The van der Waals surface area contributed by atoms with Gasteiger partial charge in [-0.3, -0.25) is 14.0 Å². The van der Waals surface area contributed by atoms with Gasteiger partial charge in [-0.05, 0) is 50.1 Å². The highest BCUT2D eigenvalue weighted by atomic mass is 16.5. The van der Waals surface area contributed by atoms with Gasteiger partial charge in [0.25, 0.3) is 11.7 Å². The van der Waals surface area contributed by atoms with Crippen molar-refractivity contribution < 1.29 is 28.9 Å². The first-order valence-corrected chi connectivity index (χ1v) is 12.0. The van der Waals surface area contributed by atoms with Crippen molar-refractivity contribution in [3.05, 3.63) is 65.1 Å². The second kappa shape index (κ2) is 10.8. The zero-order valence-corrected chi connectivity index (χ0v) is 21.0. The lowest BCUT2D eigenvalue weighted by Gasteiger charge is -2.26. The molecule has 9 heteroatoms. The highest BCUT2D eigenvalue weighted by molar-refractivity contribution is 6.46. The van der Waals surface area contributed by atoms with Crippen molar-refractivity contribution in [3.8, 4) is 11.5 Å². The number of pyridine rings is 1. The number of imidazole rings is 1. The lowest BCUT2D eigenvalue weighted by Crippen LogP contribution is -2.32. The molecular weight excluding hydrogens is 462 g/mol. The van der Waals surface area contributed by atoms with Gasteiger partial charge in [0.15, 0.2) is 17.3 Å². The fourth-order valence-electron chi connectivity index (χ4n) is 4.47. The number of aryl methyl sites for hydroxylation is 1. The molecule has 1 aliphatic heterocycles. The number of fused-ring (bicyclic) bond motifs is 1. The Balaban J connectivity index is 1.91. The molecule has 0 radical (unpaired) electrons. The molecule has 3 heterocycles. The number of aromatic nitrogens is 2. The summed E-state index contributed by atoms with van der Waals surface area (Å²) in [6.07, 6.45) is 2.59. The molecule has 0 aliphatic carbocycles. The van der Waals surface area contributed by atoms with E-state index in [9.17, 15) is 14.7 Å². The highest BCUT2D eigenvalue weighted by Crippen LogP contribution is 2.42. The number of ketones is 1. The number of likely N-dealkylation sites (tertiary alicyclic amines) is 1. The minimum Gasteiger partial charge on any atom is -0.505 e. The SMILES string of the molecule is CCCOc1ccc(C2/C(=C(\O)c3c(C)nc4ccccn34)C(=O)C(=O)N2CCOC)cc1OCC. The molecule has 9 nitrogen and oxygen atoms in total. The van der Waals surface area contributed by atoms with Crippen LogP contribution in [0.5, 0.6) is 11.5 Å². The molecule has 0 spiro atoms. The third-order valence-corrected chi connectivity index (χ3v) is 6.05. The predicted molar refractivity (Wildman–Crippen MR) is 134 cm³/mol. The largest absolute Gasteiger partial charge is 0.505 e. The van der Waals surface area contributed by atoms with Gasteiger partial charge in [0.05, 0.1) is 37.1 Å². The summed E-state index contributed by atoms with van der Waals surface area (Å²) in [5, 5.41) is 11.5. The number of Topliss-reactive ketones (excluding diaryl/α,β-unsaturated/α-hetero) is 1. The summed E-state index contributed by atoms with van der Waals surface area (Å²) in [5.41, 5.74) is 2.14. The standard InChI is InChI=1S/C27H31N3O6/c1-5-14-36-19-11-10-18(16-20(19)35-6-2)24-22(26(32)27(33)30(24)13-15-34-4)25(31)23-17(3)28-21-9-7-8-12-29(21)23/h7-12,16,24,31H,5-6,13-15H2,1-4H3/b25-22+. The number of nitrogens with zero attached hydrogens (tertiary/aromatic N) is 3. The fourth-order valence-corrected chi connectivity index (χ4v) is 4.47. The molecule has 1 fully saturated rings. The molecule has 1 aliphatic rings. The molecule has 0 saturated carbocycles. The van der Waals surface area contributed by atoms with Crippen LogP contribution in [-0.2, 0) is 14.3 Å². The summed E-state index contributed by atoms with van der Waals surface area (Å²) < 4.78 is 18.5. The Kier molecular flexibility index (Phi) is 7.59. The third-order valence-electron chi connectivity index (χ3n) is 6.05. The van der Waals surface area contributed by atoms with E-state index in [1.807, 2.05) is 32.0 Å². The van der Waals surface area contributed by atoms with E-state index in [1.165, 1.54) is 12.0 Å². The quantitative estimate of drug-likeness (QED) is 0.260. The van der Waals surface area contributed by atoms with Crippen LogP contribution in [-0.4, -0.2) is 64.6 Å². The average Bonchev–Trinajstić information content (AvgIpc) is 3.34. The summed E-state index contributed by atoms with van der Waals surface area (Å²) in [6, 6.07) is 9.94. The summed E-state index contributed by atoms with van der Waals surface area (Å²) in [7, 11) is 1.53. The second-order valence-electron chi connectivity index (χ2n) is 8.45. The Labute approximate surface area is 209 Å². The second-order valence-corrected chi connectivity index (χ2v) is 8.45. The molecule has 1 saturated heterocycles. The summed E-state index contributed by atoms with van der Waals surface area (Å²) in [5.74, 6) is -0.656. The number of aliphatic hydroxyl groups is 1. The van der Waals surface area contributed by atoms with E-state index in [0.29, 0.717) is 47.3 Å². The molecule has 1 aromatic carbocycles. The Morgan fingerprint density at radius 2 is 1.89 bits per heavy atom. The van der Waals surface area contributed by atoms with Crippen molar-refractivity contribution in [1.29, 1.82) is 0 Å². The number of rotatable bonds is 10. The molecule has 1 amide bonds. The Morgan fingerprint density at radius 1 is 1.08 bits per heavy atom. The molecule has 190 valence electrons. The van der Waals surface area contributed by atoms with E-state index in [2.05, 4.69) is 4.98 Å². The number of carbonyl (C=O) groups is 2. The monoisotopic (exact) mass is 493 g/mol. The molecule has 3 aromatic rings. The molecular formula is C27H31N3O6. The summed E-state index contributed by atoms with van der Waals surface area (Å²) in [6.45, 7) is 6.98. The lowest BCUT2D eigenvalue weighted by molar-refractivity contribution is -0.140. The van der Waals surface area contributed by atoms with Crippen LogP contribution in [0.3, 0.4) is 0 Å². The van der Waals surface area contributed by atoms with Crippen LogP contribution in [0.1, 0.15) is 43.3 Å². The van der Waals surface area contributed by atoms with Gasteiger partial charge in [-0.25, -0.2) is 4.98 Å². The van der Waals surface area contributed by atoms with Gasteiger partial charge in [-0.1, -0.05) is 19.1 Å². The van der Waals surface area contributed by atoms with Crippen LogP contribution in [0, 0.1) is 6.92 Å². The van der Waals surface area contributed by atoms with E-state index in [4.69, 9.17) is 14.2 Å². The number of aliphatic hydroxyl groups excluding tert-OH is 1. The number of hydrogen-bond acceptors (Lipinski definition) is 7. The normalized spacial score (nSPS) is 17.2. The Morgan fingerprint density at radius 3 is 2.61 bits per heavy atom. The maximum absolute atomic E-state index is 13.3. The van der Waals surface area contributed by atoms with Crippen LogP contribution in [0.15, 0.2) is 48.2 Å². The molecule has 0 bridgehead atoms. The Hall–Kier alpha value is -3.85.